The van der Waals surface area contributed by atoms with Crippen LogP contribution in [0.5, 0.6) is 5.75 Å². The minimum Gasteiger partial charge on any atom is -0.482 e. The van der Waals surface area contributed by atoms with E-state index in [9.17, 15) is 9.59 Å². The van der Waals surface area contributed by atoms with Crippen LogP contribution in [0, 0.1) is 13.8 Å². The summed E-state index contributed by atoms with van der Waals surface area (Å²) < 4.78 is 11.4. The molecule has 1 aliphatic heterocycles. The summed E-state index contributed by atoms with van der Waals surface area (Å²) in [5, 5.41) is 8.89. The van der Waals surface area contributed by atoms with Crippen LogP contribution < -0.4 is 4.74 Å². The van der Waals surface area contributed by atoms with Gasteiger partial charge in [0, 0.05) is 0 Å². The van der Waals surface area contributed by atoms with Gasteiger partial charge in [-0.2, -0.15) is 0 Å². The fourth-order valence-electron chi connectivity index (χ4n) is 4.09. The van der Waals surface area contributed by atoms with E-state index in [2.05, 4.69) is 36.9 Å². The monoisotopic (exact) mass is 439 g/mol. The molecule has 0 unspecified atom stereocenters. The Balaban J connectivity index is 1.78. The maximum Gasteiger partial charge on any atom is 0.341 e. The van der Waals surface area contributed by atoms with Crippen molar-refractivity contribution in [2.45, 2.75) is 58.1 Å². The number of piperidine rings is 1. The lowest BCUT2D eigenvalue weighted by atomic mass is 9.98. The SMILES string of the molecule is Cc1ccc(CC[C@@H](OC(=O)[C@@H]2CCCCN2C)c2cccc(OCC(=O)O)c2)cc1C. The zero-order valence-electron chi connectivity index (χ0n) is 19.2. The van der Waals surface area contributed by atoms with Crippen LogP contribution in [0.15, 0.2) is 42.5 Å². The molecule has 6 nitrogen and oxygen atoms in total. The van der Waals surface area contributed by atoms with Gasteiger partial charge in [0.1, 0.15) is 17.9 Å². The summed E-state index contributed by atoms with van der Waals surface area (Å²) in [7, 11) is 1.97. The molecule has 1 saturated heterocycles. The van der Waals surface area contributed by atoms with Gasteiger partial charge >= 0.3 is 11.9 Å². The first kappa shape index (κ1) is 23.8. The van der Waals surface area contributed by atoms with Gasteiger partial charge in [0.25, 0.3) is 0 Å². The Kier molecular flexibility index (Phi) is 8.28. The van der Waals surface area contributed by atoms with E-state index in [0.717, 1.165) is 37.8 Å². The molecule has 0 aromatic heterocycles. The fraction of sp³-hybridized carbons (Fsp3) is 0.462. The summed E-state index contributed by atoms with van der Waals surface area (Å²) in [4.78, 5) is 26.0. The Morgan fingerprint density at radius 2 is 1.94 bits per heavy atom. The van der Waals surface area contributed by atoms with Crippen LogP contribution in [-0.2, 0) is 20.7 Å². The summed E-state index contributed by atoms with van der Waals surface area (Å²) in [6.07, 6.45) is 3.89. The second kappa shape index (κ2) is 11.1. The van der Waals surface area contributed by atoms with Crippen molar-refractivity contribution in [1.82, 2.24) is 4.90 Å². The van der Waals surface area contributed by atoms with E-state index in [1.807, 2.05) is 13.1 Å². The van der Waals surface area contributed by atoms with Crippen LogP contribution in [0.25, 0.3) is 0 Å². The third kappa shape index (κ3) is 6.57. The smallest absolute Gasteiger partial charge is 0.341 e. The Labute approximate surface area is 190 Å². The lowest BCUT2D eigenvalue weighted by molar-refractivity contribution is -0.157. The number of carboxylic acid groups (broad SMARTS) is 1. The number of ether oxygens (including phenoxy) is 2. The topological polar surface area (TPSA) is 76.1 Å². The predicted molar refractivity (Wildman–Crippen MR) is 123 cm³/mol. The van der Waals surface area contributed by atoms with Gasteiger partial charge in [0.2, 0.25) is 0 Å². The maximum atomic E-state index is 13.0. The minimum absolute atomic E-state index is 0.200. The molecular weight excluding hydrogens is 406 g/mol. The highest BCUT2D eigenvalue weighted by atomic mass is 16.5. The molecule has 0 aliphatic carbocycles. The molecule has 1 fully saturated rings. The van der Waals surface area contributed by atoms with Crippen molar-refractivity contribution >= 4 is 11.9 Å². The molecule has 0 saturated carbocycles. The normalized spacial score (nSPS) is 17.5. The number of rotatable bonds is 9. The lowest BCUT2D eigenvalue weighted by Gasteiger charge is -2.32. The van der Waals surface area contributed by atoms with Crippen LogP contribution in [-0.4, -0.2) is 48.2 Å². The third-order valence-electron chi connectivity index (χ3n) is 6.16. The van der Waals surface area contributed by atoms with E-state index in [0.29, 0.717) is 12.2 Å². The Hall–Kier alpha value is -2.86. The van der Waals surface area contributed by atoms with Crippen molar-refractivity contribution in [3.8, 4) is 5.75 Å². The van der Waals surface area contributed by atoms with Gasteiger partial charge in [-0.3, -0.25) is 9.69 Å². The van der Waals surface area contributed by atoms with Crippen LogP contribution in [0.1, 0.15) is 54.0 Å². The quantitative estimate of drug-likeness (QED) is 0.581. The van der Waals surface area contributed by atoms with Crippen molar-refractivity contribution in [3.05, 3.63) is 64.7 Å². The van der Waals surface area contributed by atoms with Crippen LogP contribution in [0.4, 0.5) is 0 Å². The first-order chi connectivity index (χ1) is 15.3. The molecule has 0 radical (unpaired) electrons. The molecule has 0 bridgehead atoms. The lowest BCUT2D eigenvalue weighted by Crippen LogP contribution is -2.43. The van der Waals surface area contributed by atoms with Gasteiger partial charge in [0.05, 0.1) is 0 Å². The van der Waals surface area contributed by atoms with Crippen molar-refractivity contribution in [2.75, 3.05) is 20.2 Å². The first-order valence-corrected chi connectivity index (χ1v) is 11.2. The zero-order valence-corrected chi connectivity index (χ0v) is 19.2. The summed E-state index contributed by atoms with van der Waals surface area (Å²) >= 11 is 0. The number of carbonyl (C=O) groups excluding carboxylic acids is 1. The minimum atomic E-state index is -1.03. The second-order valence-corrected chi connectivity index (χ2v) is 8.63. The van der Waals surface area contributed by atoms with Gasteiger partial charge in [0.15, 0.2) is 6.61 Å². The molecule has 1 aliphatic rings. The molecule has 2 aromatic carbocycles. The molecular formula is C26H33NO5. The van der Waals surface area contributed by atoms with E-state index in [1.54, 1.807) is 18.2 Å². The molecule has 3 rings (SSSR count). The predicted octanol–water partition coefficient (Wildman–Crippen LogP) is 4.47. The molecule has 0 spiro atoms. The highest BCUT2D eigenvalue weighted by Gasteiger charge is 2.29. The molecule has 2 atom stereocenters. The Bertz CT molecular complexity index is 942. The van der Waals surface area contributed by atoms with Gasteiger partial charge in [-0.05, 0) is 87.5 Å². The second-order valence-electron chi connectivity index (χ2n) is 8.63. The molecule has 172 valence electrons. The van der Waals surface area contributed by atoms with E-state index in [1.165, 1.54) is 16.7 Å². The average molecular weight is 440 g/mol. The first-order valence-electron chi connectivity index (χ1n) is 11.2. The molecule has 32 heavy (non-hydrogen) atoms. The van der Waals surface area contributed by atoms with Crippen molar-refractivity contribution in [2.24, 2.45) is 0 Å². The van der Waals surface area contributed by atoms with Crippen molar-refractivity contribution in [1.29, 1.82) is 0 Å². The number of aryl methyl sites for hydroxylation is 3. The third-order valence-corrected chi connectivity index (χ3v) is 6.16. The van der Waals surface area contributed by atoms with E-state index < -0.39 is 18.7 Å². The van der Waals surface area contributed by atoms with Gasteiger partial charge in [-0.1, -0.05) is 36.8 Å². The number of nitrogens with zero attached hydrogens (tertiary/aromatic N) is 1. The molecule has 0 amide bonds. The standard InChI is InChI=1S/C26H33NO5/c1-18-10-11-20(15-19(18)2)12-13-24(32-26(30)23-9-4-5-14-27(23)3)21-7-6-8-22(16-21)31-17-25(28)29/h6-8,10-11,15-16,23-24H,4-5,9,12-14,17H2,1-3H3,(H,28,29)/t23-,24+/m0/s1. The van der Waals surface area contributed by atoms with Crippen LogP contribution >= 0.6 is 0 Å². The number of esters is 1. The molecule has 1 heterocycles. The zero-order chi connectivity index (χ0) is 23.1. The Morgan fingerprint density at radius 1 is 1.12 bits per heavy atom. The summed E-state index contributed by atoms with van der Waals surface area (Å²) in [5.41, 5.74) is 4.50. The van der Waals surface area contributed by atoms with Gasteiger partial charge < -0.3 is 14.6 Å². The maximum absolute atomic E-state index is 13.0. The highest BCUT2D eigenvalue weighted by molar-refractivity contribution is 5.76. The summed E-state index contributed by atoms with van der Waals surface area (Å²) in [6.45, 7) is 4.67. The molecule has 2 aromatic rings. The number of benzene rings is 2. The number of aliphatic carboxylic acids is 1. The number of likely N-dealkylation sites (tertiary alicyclic amines) is 1. The number of hydrogen-bond acceptors (Lipinski definition) is 5. The Morgan fingerprint density at radius 3 is 2.66 bits per heavy atom. The van der Waals surface area contributed by atoms with E-state index >= 15 is 0 Å². The largest absolute Gasteiger partial charge is 0.482 e. The number of hydrogen-bond donors (Lipinski definition) is 1. The number of carboxylic acids is 1. The van der Waals surface area contributed by atoms with Gasteiger partial charge in [-0.15, -0.1) is 0 Å². The van der Waals surface area contributed by atoms with Crippen LogP contribution in [0.2, 0.25) is 0 Å². The summed E-state index contributed by atoms with van der Waals surface area (Å²) in [6, 6.07) is 13.4. The number of carbonyl (C=O) groups is 2. The van der Waals surface area contributed by atoms with E-state index in [4.69, 9.17) is 14.6 Å². The van der Waals surface area contributed by atoms with Crippen molar-refractivity contribution < 1.29 is 24.2 Å². The molecule has 6 heteroatoms. The van der Waals surface area contributed by atoms with Crippen LogP contribution in [0.3, 0.4) is 0 Å². The highest BCUT2D eigenvalue weighted by Crippen LogP contribution is 2.29. The average Bonchev–Trinajstić information content (AvgIpc) is 2.77. The summed E-state index contributed by atoms with van der Waals surface area (Å²) in [5.74, 6) is -0.783. The number of likely N-dealkylation sites (N-methyl/N-ethyl adjacent to an activating group) is 1. The van der Waals surface area contributed by atoms with Crippen molar-refractivity contribution in [3.63, 3.8) is 0 Å². The molecule has 1 N–H and O–H groups in total. The fourth-order valence-corrected chi connectivity index (χ4v) is 4.09. The van der Waals surface area contributed by atoms with E-state index in [-0.39, 0.29) is 12.0 Å². The van der Waals surface area contributed by atoms with Gasteiger partial charge in [-0.25, -0.2) is 4.79 Å².